The lowest BCUT2D eigenvalue weighted by Crippen LogP contribution is -2.02. The van der Waals surface area contributed by atoms with Gasteiger partial charge in [-0.3, -0.25) is 4.98 Å². The SMILES string of the molecule is COCOCc1cc(F)c(C)nc1C.COCOCc1cc(F)c(Cl)nc1Cl. The number of methoxy groups -OCH3 is 2. The Labute approximate surface area is 172 Å². The van der Waals surface area contributed by atoms with E-state index in [0.717, 1.165) is 11.3 Å². The second-order valence-corrected chi connectivity index (χ2v) is 6.24. The van der Waals surface area contributed by atoms with Crippen LogP contribution in [0.25, 0.3) is 0 Å². The first kappa shape index (κ1) is 24.6. The van der Waals surface area contributed by atoms with Gasteiger partial charge in [0.2, 0.25) is 0 Å². The fourth-order valence-corrected chi connectivity index (χ4v) is 2.32. The first-order chi connectivity index (χ1) is 13.3. The molecule has 2 aromatic heterocycles. The van der Waals surface area contributed by atoms with E-state index in [-0.39, 0.29) is 36.3 Å². The van der Waals surface area contributed by atoms with Crippen molar-refractivity contribution in [3.8, 4) is 0 Å². The van der Waals surface area contributed by atoms with Gasteiger partial charge in [-0.15, -0.1) is 0 Å². The summed E-state index contributed by atoms with van der Waals surface area (Å²) in [5, 5.41) is -0.113. The third kappa shape index (κ3) is 8.30. The molecule has 0 aromatic carbocycles. The molecule has 0 fully saturated rings. The summed E-state index contributed by atoms with van der Waals surface area (Å²) in [5.74, 6) is -0.918. The van der Waals surface area contributed by atoms with Crippen LogP contribution in [0.1, 0.15) is 22.5 Å². The predicted molar refractivity (Wildman–Crippen MR) is 101 cm³/mol. The first-order valence-corrected chi connectivity index (χ1v) is 8.82. The first-order valence-electron chi connectivity index (χ1n) is 8.06. The molecule has 0 spiro atoms. The Balaban J connectivity index is 0.000000280. The number of pyridine rings is 2. The van der Waals surface area contributed by atoms with Crippen LogP contribution in [0.4, 0.5) is 8.78 Å². The summed E-state index contributed by atoms with van der Waals surface area (Å²) < 4.78 is 45.5. The average Bonchev–Trinajstić information content (AvgIpc) is 2.64. The lowest BCUT2D eigenvalue weighted by atomic mass is 10.2. The van der Waals surface area contributed by atoms with Crippen molar-refractivity contribution >= 4 is 23.2 Å². The van der Waals surface area contributed by atoms with Crippen molar-refractivity contribution in [3.05, 3.63) is 56.6 Å². The number of halogens is 4. The monoisotopic (exact) mass is 438 g/mol. The van der Waals surface area contributed by atoms with Crippen LogP contribution in [0, 0.1) is 25.5 Å². The molecule has 0 aliphatic rings. The summed E-state index contributed by atoms with van der Waals surface area (Å²) in [6.07, 6.45) is 0. The maximum absolute atomic E-state index is 13.1. The van der Waals surface area contributed by atoms with E-state index >= 15 is 0 Å². The zero-order valence-corrected chi connectivity index (χ0v) is 17.5. The Hall–Kier alpha value is -1.42. The molecule has 2 rings (SSSR count). The molecule has 2 aromatic rings. The number of hydrogen-bond acceptors (Lipinski definition) is 6. The third-order valence-corrected chi connectivity index (χ3v) is 3.92. The third-order valence-electron chi connectivity index (χ3n) is 3.32. The Bertz CT molecular complexity index is 703. The van der Waals surface area contributed by atoms with Crippen LogP contribution < -0.4 is 0 Å². The minimum atomic E-state index is -0.618. The quantitative estimate of drug-likeness (QED) is 0.340. The van der Waals surface area contributed by atoms with E-state index in [0.29, 0.717) is 17.9 Å². The van der Waals surface area contributed by atoms with Gasteiger partial charge in [-0.2, -0.15) is 0 Å². The minimum absolute atomic E-state index is 0.112. The fraction of sp³-hybridized carbons (Fsp3) is 0.444. The van der Waals surface area contributed by atoms with Gasteiger partial charge in [0.15, 0.2) is 11.0 Å². The molecule has 0 saturated carbocycles. The molecule has 0 N–H and O–H groups in total. The van der Waals surface area contributed by atoms with Crippen molar-refractivity contribution in [1.82, 2.24) is 9.97 Å². The van der Waals surface area contributed by atoms with Crippen molar-refractivity contribution in [1.29, 1.82) is 0 Å². The van der Waals surface area contributed by atoms with E-state index in [1.165, 1.54) is 19.2 Å². The van der Waals surface area contributed by atoms with Crippen molar-refractivity contribution in [2.45, 2.75) is 27.1 Å². The van der Waals surface area contributed by atoms with Crippen molar-refractivity contribution in [2.24, 2.45) is 0 Å². The van der Waals surface area contributed by atoms with E-state index < -0.39 is 5.82 Å². The van der Waals surface area contributed by atoms with Crippen molar-refractivity contribution < 1.29 is 27.7 Å². The highest BCUT2D eigenvalue weighted by molar-refractivity contribution is 6.32. The summed E-state index contributed by atoms with van der Waals surface area (Å²) in [6, 6.07) is 2.64. The Kier molecular flexibility index (Phi) is 11.4. The van der Waals surface area contributed by atoms with Gasteiger partial charge in [0, 0.05) is 31.0 Å². The summed E-state index contributed by atoms with van der Waals surface area (Å²) in [7, 11) is 3.03. The number of nitrogens with zero attached hydrogens (tertiary/aromatic N) is 2. The van der Waals surface area contributed by atoms with Gasteiger partial charge in [0.1, 0.15) is 24.6 Å². The van der Waals surface area contributed by atoms with Gasteiger partial charge in [-0.25, -0.2) is 13.8 Å². The molecule has 0 unspecified atom stereocenters. The smallest absolute Gasteiger partial charge is 0.166 e. The van der Waals surface area contributed by atoms with E-state index in [9.17, 15) is 8.78 Å². The highest BCUT2D eigenvalue weighted by Crippen LogP contribution is 2.20. The van der Waals surface area contributed by atoms with Gasteiger partial charge in [-0.1, -0.05) is 23.2 Å². The largest absolute Gasteiger partial charge is 0.359 e. The van der Waals surface area contributed by atoms with Crippen LogP contribution in [0.2, 0.25) is 10.3 Å². The Morgan fingerprint density at radius 2 is 1.32 bits per heavy atom. The maximum atomic E-state index is 13.1. The molecule has 10 heteroatoms. The van der Waals surface area contributed by atoms with Crippen molar-refractivity contribution in [3.63, 3.8) is 0 Å². The summed E-state index contributed by atoms with van der Waals surface area (Å²) in [6.45, 7) is 4.24. The number of ether oxygens (including phenoxy) is 4. The topological polar surface area (TPSA) is 62.7 Å². The summed E-state index contributed by atoms with van der Waals surface area (Å²) in [4.78, 5) is 7.64. The lowest BCUT2D eigenvalue weighted by Gasteiger charge is -2.07. The van der Waals surface area contributed by atoms with E-state index in [1.807, 2.05) is 6.92 Å². The van der Waals surface area contributed by atoms with E-state index in [4.69, 9.17) is 37.4 Å². The average molecular weight is 439 g/mol. The zero-order chi connectivity index (χ0) is 21.1. The molecule has 6 nitrogen and oxygen atoms in total. The predicted octanol–water partition coefficient (Wildman–Crippen LogP) is 4.61. The van der Waals surface area contributed by atoms with Gasteiger partial charge in [0.25, 0.3) is 0 Å². The van der Waals surface area contributed by atoms with E-state index in [2.05, 4.69) is 14.7 Å². The molecule has 0 amide bonds. The van der Waals surface area contributed by atoms with Crippen LogP contribution in [-0.4, -0.2) is 37.8 Å². The lowest BCUT2D eigenvalue weighted by molar-refractivity contribution is -0.0394. The van der Waals surface area contributed by atoms with Crippen molar-refractivity contribution in [2.75, 3.05) is 27.8 Å². The second-order valence-electron chi connectivity index (χ2n) is 5.52. The minimum Gasteiger partial charge on any atom is -0.359 e. The van der Waals surface area contributed by atoms with Crippen LogP contribution in [-0.2, 0) is 32.2 Å². The molecular formula is C18H22Cl2F2N2O4. The van der Waals surface area contributed by atoms with Crippen LogP contribution in [0.5, 0.6) is 0 Å². The van der Waals surface area contributed by atoms with E-state index in [1.54, 1.807) is 14.0 Å². The number of hydrogen-bond donors (Lipinski definition) is 0. The molecule has 0 aliphatic carbocycles. The highest BCUT2D eigenvalue weighted by atomic mass is 35.5. The zero-order valence-electron chi connectivity index (χ0n) is 16.0. The van der Waals surface area contributed by atoms with Crippen LogP contribution >= 0.6 is 23.2 Å². The molecule has 2 heterocycles. The van der Waals surface area contributed by atoms with Crippen LogP contribution in [0.3, 0.4) is 0 Å². The normalized spacial score (nSPS) is 10.6. The highest BCUT2D eigenvalue weighted by Gasteiger charge is 2.08. The molecule has 28 heavy (non-hydrogen) atoms. The molecule has 0 aliphatic heterocycles. The molecular weight excluding hydrogens is 417 g/mol. The molecule has 0 radical (unpaired) electrons. The molecule has 156 valence electrons. The van der Waals surface area contributed by atoms with Crippen LogP contribution in [0.15, 0.2) is 12.1 Å². The molecule has 0 atom stereocenters. The standard InChI is InChI=1S/C10H14FNO2.C8H8Cl2FNO2/c1-7-9(5-14-6-13-3)4-10(11)8(2)12-7;1-13-4-14-3-5-2-6(11)8(10)12-7(5)9/h4H,5-6H2,1-3H3;2H,3-4H2,1H3. The summed E-state index contributed by atoms with van der Waals surface area (Å²) in [5.41, 5.74) is 2.40. The Morgan fingerprint density at radius 1 is 0.786 bits per heavy atom. The van der Waals surface area contributed by atoms with Gasteiger partial charge in [-0.05, 0) is 26.0 Å². The number of aromatic nitrogens is 2. The maximum Gasteiger partial charge on any atom is 0.166 e. The Morgan fingerprint density at radius 3 is 1.89 bits per heavy atom. The molecule has 0 bridgehead atoms. The van der Waals surface area contributed by atoms with Gasteiger partial charge in [0.05, 0.1) is 18.9 Å². The van der Waals surface area contributed by atoms with Gasteiger partial charge >= 0.3 is 0 Å². The number of aryl methyl sites for hydroxylation is 2. The fourth-order valence-electron chi connectivity index (χ4n) is 1.94. The van der Waals surface area contributed by atoms with Gasteiger partial charge < -0.3 is 18.9 Å². The second kappa shape index (κ2) is 12.9. The number of rotatable bonds is 8. The summed E-state index contributed by atoms with van der Waals surface area (Å²) >= 11 is 11.1. The molecule has 0 saturated heterocycles.